The SMILES string of the molecule is c1cc(NC2CCCCCC2)c2[nH]ncc2c1. The summed E-state index contributed by atoms with van der Waals surface area (Å²) in [4.78, 5) is 0. The van der Waals surface area contributed by atoms with Gasteiger partial charge in [0.2, 0.25) is 0 Å². The molecule has 1 aliphatic carbocycles. The second kappa shape index (κ2) is 4.78. The molecule has 0 radical (unpaired) electrons. The van der Waals surface area contributed by atoms with Crippen molar-refractivity contribution in [1.82, 2.24) is 10.2 Å². The third-order valence-corrected chi connectivity index (χ3v) is 3.69. The molecule has 1 fully saturated rings. The van der Waals surface area contributed by atoms with E-state index in [1.54, 1.807) is 0 Å². The first-order valence-corrected chi connectivity index (χ1v) is 6.62. The van der Waals surface area contributed by atoms with Gasteiger partial charge in [-0.2, -0.15) is 5.10 Å². The van der Waals surface area contributed by atoms with Crippen LogP contribution in [0.4, 0.5) is 5.69 Å². The van der Waals surface area contributed by atoms with Gasteiger partial charge < -0.3 is 5.32 Å². The van der Waals surface area contributed by atoms with Gasteiger partial charge in [0.1, 0.15) is 0 Å². The Balaban J connectivity index is 1.81. The maximum atomic E-state index is 4.11. The summed E-state index contributed by atoms with van der Waals surface area (Å²) in [6.45, 7) is 0. The second-order valence-corrected chi connectivity index (χ2v) is 4.97. The molecule has 2 aromatic rings. The molecule has 3 heteroatoms. The van der Waals surface area contributed by atoms with E-state index in [2.05, 4.69) is 33.7 Å². The molecule has 90 valence electrons. The van der Waals surface area contributed by atoms with E-state index in [0.717, 1.165) is 5.52 Å². The predicted molar refractivity (Wildman–Crippen MR) is 71.2 cm³/mol. The highest BCUT2D eigenvalue weighted by atomic mass is 15.1. The molecule has 2 N–H and O–H groups in total. The molecule has 1 heterocycles. The summed E-state index contributed by atoms with van der Waals surface area (Å²) in [7, 11) is 0. The Morgan fingerprint density at radius 1 is 1.12 bits per heavy atom. The number of para-hydroxylation sites is 1. The predicted octanol–water partition coefficient (Wildman–Crippen LogP) is 3.70. The smallest absolute Gasteiger partial charge is 0.0881 e. The molecule has 0 amide bonds. The van der Waals surface area contributed by atoms with Crippen molar-refractivity contribution >= 4 is 16.6 Å². The summed E-state index contributed by atoms with van der Waals surface area (Å²) >= 11 is 0. The second-order valence-electron chi connectivity index (χ2n) is 4.97. The van der Waals surface area contributed by atoms with Gasteiger partial charge in [-0.15, -0.1) is 0 Å². The van der Waals surface area contributed by atoms with Crippen molar-refractivity contribution in [2.45, 2.75) is 44.6 Å². The van der Waals surface area contributed by atoms with Crippen LogP contribution < -0.4 is 5.32 Å². The van der Waals surface area contributed by atoms with Crippen LogP contribution in [0.3, 0.4) is 0 Å². The Morgan fingerprint density at radius 2 is 1.94 bits per heavy atom. The molecule has 0 atom stereocenters. The first-order chi connectivity index (χ1) is 8.43. The molecule has 0 spiro atoms. The molecule has 0 aliphatic heterocycles. The lowest BCUT2D eigenvalue weighted by atomic mass is 10.1. The summed E-state index contributed by atoms with van der Waals surface area (Å²) in [6.07, 6.45) is 9.98. The van der Waals surface area contributed by atoms with Gasteiger partial charge in [0.15, 0.2) is 0 Å². The van der Waals surface area contributed by atoms with E-state index in [1.807, 2.05) is 6.20 Å². The van der Waals surface area contributed by atoms with E-state index in [-0.39, 0.29) is 0 Å². The van der Waals surface area contributed by atoms with Crippen LogP contribution >= 0.6 is 0 Å². The Morgan fingerprint density at radius 3 is 2.76 bits per heavy atom. The minimum absolute atomic E-state index is 0.631. The number of rotatable bonds is 2. The average Bonchev–Trinajstić information content (AvgIpc) is 2.69. The van der Waals surface area contributed by atoms with Crippen molar-refractivity contribution in [2.75, 3.05) is 5.32 Å². The Bertz CT molecular complexity index is 481. The minimum atomic E-state index is 0.631. The normalized spacial score (nSPS) is 18.1. The summed E-state index contributed by atoms with van der Waals surface area (Å²) in [5.74, 6) is 0. The number of nitrogens with one attached hydrogen (secondary N) is 2. The molecule has 1 aliphatic rings. The molecular weight excluding hydrogens is 210 g/mol. The van der Waals surface area contributed by atoms with Gasteiger partial charge in [-0.05, 0) is 18.9 Å². The van der Waals surface area contributed by atoms with E-state index >= 15 is 0 Å². The standard InChI is InChI=1S/C14H19N3/c1-2-4-8-12(7-3-1)16-13-9-5-6-11-10-15-17-14(11)13/h5-6,9-10,12,16H,1-4,7-8H2,(H,15,17). The molecule has 0 unspecified atom stereocenters. The van der Waals surface area contributed by atoms with Crippen molar-refractivity contribution in [1.29, 1.82) is 0 Å². The zero-order valence-corrected chi connectivity index (χ0v) is 10.1. The number of H-pyrrole nitrogens is 1. The highest BCUT2D eigenvalue weighted by Gasteiger charge is 2.13. The number of fused-ring (bicyclic) bond motifs is 1. The van der Waals surface area contributed by atoms with Crippen LogP contribution in [0.1, 0.15) is 38.5 Å². The fourth-order valence-corrected chi connectivity index (χ4v) is 2.73. The number of hydrogen-bond acceptors (Lipinski definition) is 2. The van der Waals surface area contributed by atoms with E-state index in [1.165, 1.54) is 49.6 Å². The molecule has 1 aromatic heterocycles. The fourth-order valence-electron chi connectivity index (χ4n) is 2.73. The fraction of sp³-hybridized carbons (Fsp3) is 0.500. The van der Waals surface area contributed by atoms with Gasteiger partial charge >= 0.3 is 0 Å². The first-order valence-electron chi connectivity index (χ1n) is 6.62. The zero-order valence-electron chi connectivity index (χ0n) is 10.1. The third-order valence-electron chi connectivity index (χ3n) is 3.69. The Hall–Kier alpha value is -1.51. The van der Waals surface area contributed by atoms with Crippen molar-refractivity contribution in [3.05, 3.63) is 24.4 Å². The van der Waals surface area contributed by atoms with Crippen molar-refractivity contribution in [3.63, 3.8) is 0 Å². The summed E-state index contributed by atoms with van der Waals surface area (Å²) in [5, 5.41) is 12.1. The molecule has 3 nitrogen and oxygen atoms in total. The number of aromatic nitrogens is 2. The molecule has 3 rings (SSSR count). The van der Waals surface area contributed by atoms with E-state index in [4.69, 9.17) is 0 Å². The van der Waals surface area contributed by atoms with E-state index in [0.29, 0.717) is 6.04 Å². The van der Waals surface area contributed by atoms with Crippen LogP contribution in [0.25, 0.3) is 10.9 Å². The van der Waals surface area contributed by atoms with Gasteiger partial charge in [-0.25, -0.2) is 0 Å². The third kappa shape index (κ3) is 2.28. The summed E-state index contributed by atoms with van der Waals surface area (Å²) in [6, 6.07) is 6.96. The lowest BCUT2D eigenvalue weighted by molar-refractivity contribution is 0.620. The van der Waals surface area contributed by atoms with Crippen molar-refractivity contribution < 1.29 is 0 Å². The number of hydrogen-bond donors (Lipinski definition) is 2. The van der Waals surface area contributed by atoms with Crippen LogP contribution in [-0.2, 0) is 0 Å². The molecule has 17 heavy (non-hydrogen) atoms. The quantitative estimate of drug-likeness (QED) is 0.771. The van der Waals surface area contributed by atoms with Gasteiger partial charge in [0.05, 0.1) is 17.4 Å². The first kappa shape index (κ1) is 10.6. The number of anilines is 1. The largest absolute Gasteiger partial charge is 0.381 e. The monoisotopic (exact) mass is 229 g/mol. The van der Waals surface area contributed by atoms with Gasteiger partial charge in [-0.1, -0.05) is 37.8 Å². The highest BCUT2D eigenvalue weighted by molar-refractivity contribution is 5.89. The van der Waals surface area contributed by atoms with Gasteiger partial charge in [-0.3, -0.25) is 5.10 Å². The molecule has 0 bridgehead atoms. The van der Waals surface area contributed by atoms with Crippen molar-refractivity contribution in [3.8, 4) is 0 Å². The zero-order chi connectivity index (χ0) is 11.5. The van der Waals surface area contributed by atoms with Crippen LogP contribution in [0.5, 0.6) is 0 Å². The maximum Gasteiger partial charge on any atom is 0.0881 e. The molecule has 0 saturated heterocycles. The molecular formula is C14H19N3. The van der Waals surface area contributed by atoms with Gasteiger partial charge in [0.25, 0.3) is 0 Å². The lowest BCUT2D eigenvalue weighted by Gasteiger charge is -2.18. The molecule has 1 saturated carbocycles. The maximum absolute atomic E-state index is 4.11. The lowest BCUT2D eigenvalue weighted by Crippen LogP contribution is -2.18. The van der Waals surface area contributed by atoms with Crippen LogP contribution in [-0.4, -0.2) is 16.2 Å². The number of aromatic amines is 1. The Kier molecular flexibility index (Phi) is 2.99. The topological polar surface area (TPSA) is 40.7 Å². The summed E-state index contributed by atoms with van der Waals surface area (Å²) in [5.41, 5.74) is 2.34. The van der Waals surface area contributed by atoms with Crippen LogP contribution in [0.15, 0.2) is 24.4 Å². The number of nitrogens with zero attached hydrogens (tertiary/aromatic N) is 1. The van der Waals surface area contributed by atoms with Crippen molar-refractivity contribution in [2.24, 2.45) is 0 Å². The number of benzene rings is 1. The minimum Gasteiger partial charge on any atom is -0.381 e. The van der Waals surface area contributed by atoms with Gasteiger partial charge in [0, 0.05) is 11.4 Å². The molecule has 1 aromatic carbocycles. The highest BCUT2D eigenvalue weighted by Crippen LogP contribution is 2.25. The van der Waals surface area contributed by atoms with Crippen LogP contribution in [0.2, 0.25) is 0 Å². The summed E-state index contributed by atoms with van der Waals surface area (Å²) < 4.78 is 0. The van der Waals surface area contributed by atoms with Crippen LogP contribution in [0, 0.1) is 0 Å². The van der Waals surface area contributed by atoms with E-state index in [9.17, 15) is 0 Å². The van der Waals surface area contributed by atoms with E-state index < -0.39 is 0 Å². The average molecular weight is 229 g/mol. The Labute approximate surface area is 102 Å².